The number of nitrogens with zero attached hydrogens (tertiary/aromatic N) is 2. The van der Waals surface area contributed by atoms with Crippen LogP contribution in [0, 0.1) is 0 Å². The van der Waals surface area contributed by atoms with Gasteiger partial charge in [-0.3, -0.25) is 24.5 Å². The van der Waals surface area contributed by atoms with Gasteiger partial charge in [0, 0.05) is 35.1 Å². The number of halogens is 3. The first kappa shape index (κ1) is 26.0. The van der Waals surface area contributed by atoms with Crippen LogP contribution >= 0.6 is 11.6 Å². The zero-order chi connectivity index (χ0) is 26.5. The van der Waals surface area contributed by atoms with Crippen LogP contribution in [0.1, 0.15) is 45.8 Å². The molecule has 0 aromatic heterocycles. The zero-order valence-electron chi connectivity index (χ0n) is 20.3. The highest BCUT2D eigenvalue weighted by Gasteiger charge is 2.45. The van der Waals surface area contributed by atoms with E-state index in [1.54, 1.807) is 33.9 Å². The van der Waals surface area contributed by atoms with Crippen LogP contribution < -0.4 is 16.2 Å². The molecule has 2 atom stereocenters. The van der Waals surface area contributed by atoms with E-state index < -0.39 is 35.3 Å². The van der Waals surface area contributed by atoms with E-state index >= 15 is 8.78 Å². The Bertz CT molecular complexity index is 1310. The van der Waals surface area contributed by atoms with E-state index in [4.69, 9.17) is 11.6 Å². The number of nitrogens with one attached hydrogen (secondary N) is 1. The Morgan fingerprint density at radius 2 is 1.86 bits per heavy atom. The molecule has 2 aromatic rings. The van der Waals surface area contributed by atoms with Crippen molar-refractivity contribution in [1.82, 2.24) is 15.0 Å². The minimum atomic E-state index is -3.77. The molecule has 36 heavy (non-hydrogen) atoms. The average molecular weight is 509 g/mol. The molecule has 0 aliphatic carbocycles. The summed E-state index contributed by atoms with van der Waals surface area (Å²) in [5.74, 6) is -7.06. The first-order valence-electron chi connectivity index (χ1n) is 11.5. The number of piperidine rings is 1. The molecular formula is C22H22B4ClF2N3O4. The number of imide groups is 1. The van der Waals surface area contributed by atoms with E-state index in [9.17, 15) is 19.2 Å². The Kier molecular flexibility index (Phi) is 6.81. The highest BCUT2D eigenvalue weighted by atomic mass is 35.5. The number of carbonyl (C=O) groups is 4. The summed E-state index contributed by atoms with van der Waals surface area (Å²) >= 11 is 6.03. The van der Waals surface area contributed by atoms with Gasteiger partial charge in [0.25, 0.3) is 11.8 Å². The summed E-state index contributed by atoms with van der Waals surface area (Å²) in [6.45, 7) is 0.151. The average Bonchev–Trinajstić information content (AvgIpc) is 3.15. The monoisotopic (exact) mass is 509 g/mol. The van der Waals surface area contributed by atoms with Crippen molar-refractivity contribution in [2.24, 2.45) is 0 Å². The van der Waals surface area contributed by atoms with E-state index in [-0.39, 0.29) is 36.7 Å². The van der Waals surface area contributed by atoms with Gasteiger partial charge in [-0.05, 0) is 29.7 Å². The van der Waals surface area contributed by atoms with Crippen molar-refractivity contribution in [3.8, 4) is 0 Å². The number of hydrogen-bond donors (Lipinski definition) is 1. The molecule has 2 aromatic carbocycles. The van der Waals surface area contributed by atoms with Crippen molar-refractivity contribution >= 4 is 77.7 Å². The van der Waals surface area contributed by atoms with E-state index in [2.05, 4.69) is 5.32 Å². The first-order valence-corrected chi connectivity index (χ1v) is 11.9. The van der Waals surface area contributed by atoms with Crippen molar-refractivity contribution in [2.75, 3.05) is 0 Å². The van der Waals surface area contributed by atoms with Crippen molar-refractivity contribution < 1.29 is 28.0 Å². The van der Waals surface area contributed by atoms with Crippen LogP contribution in [0.4, 0.5) is 8.78 Å². The van der Waals surface area contributed by atoms with Crippen molar-refractivity contribution in [3.05, 3.63) is 57.6 Å². The molecule has 1 saturated heterocycles. The number of alkyl halides is 2. The molecule has 1 fully saturated rings. The molecule has 2 aliphatic heterocycles. The maximum atomic E-state index is 15.3. The fraction of sp³-hybridized carbons (Fsp3) is 0.273. The van der Waals surface area contributed by atoms with Crippen LogP contribution in [0.3, 0.4) is 0 Å². The fourth-order valence-corrected chi connectivity index (χ4v) is 4.93. The normalized spacial score (nSPS) is 18.6. The number of rotatable bonds is 5. The molecular weight excluding hydrogens is 487 g/mol. The molecule has 0 saturated carbocycles. The van der Waals surface area contributed by atoms with Crippen LogP contribution in [-0.4, -0.2) is 70.9 Å². The predicted molar refractivity (Wildman–Crippen MR) is 141 cm³/mol. The molecule has 2 heterocycles. The van der Waals surface area contributed by atoms with Crippen molar-refractivity contribution in [1.29, 1.82) is 0 Å². The molecule has 0 radical (unpaired) electrons. The standard InChI is InChI=1S/C22H22B4ClF2N3O4/c23-13-7-15(27)14(24)6-12(13)22(28,29)21(36)32(26)18(25)9-1-2-11-10(5-9)8-31(20(11)35)16-3-4-17(33)30-19(16)34/h1-2,5-7,16,18H,3-4,8,23-26H2,(H,30,33,34). The van der Waals surface area contributed by atoms with Gasteiger partial charge in [-0.25, -0.2) is 0 Å². The highest BCUT2D eigenvalue weighted by molar-refractivity contribution is 6.47. The summed E-state index contributed by atoms with van der Waals surface area (Å²) in [5.41, 5.74) is 1.88. The molecule has 182 valence electrons. The third-order valence-corrected chi connectivity index (χ3v) is 7.45. The molecule has 4 amide bonds. The van der Waals surface area contributed by atoms with Gasteiger partial charge in [0.2, 0.25) is 19.8 Å². The molecule has 0 bridgehead atoms. The van der Waals surface area contributed by atoms with Gasteiger partial charge in [-0.1, -0.05) is 40.7 Å². The number of fused-ring (bicyclic) bond motifs is 1. The minimum Gasteiger partial charge on any atom is -0.389 e. The van der Waals surface area contributed by atoms with Crippen LogP contribution in [0.5, 0.6) is 0 Å². The molecule has 2 aliphatic rings. The second-order valence-corrected chi connectivity index (χ2v) is 9.81. The Hall–Kier alpha value is -3.07. The zero-order valence-corrected chi connectivity index (χ0v) is 21.1. The van der Waals surface area contributed by atoms with Gasteiger partial charge in [0.15, 0.2) is 0 Å². The van der Waals surface area contributed by atoms with Gasteiger partial charge in [-0.15, -0.1) is 0 Å². The molecule has 7 nitrogen and oxygen atoms in total. The minimum absolute atomic E-state index is 0.145. The second-order valence-electron chi connectivity index (χ2n) is 9.40. The van der Waals surface area contributed by atoms with Crippen molar-refractivity contribution in [3.63, 3.8) is 0 Å². The van der Waals surface area contributed by atoms with Gasteiger partial charge >= 0.3 is 5.92 Å². The Balaban J connectivity index is 1.55. The quantitative estimate of drug-likeness (QED) is 0.355. The number of carbonyl (C=O) groups excluding carboxylic acids is 4. The highest BCUT2D eigenvalue weighted by Crippen LogP contribution is 2.33. The lowest BCUT2D eigenvalue weighted by molar-refractivity contribution is -0.154. The Morgan fingerprint density at radius 1 is 1.17 bits per heavy atom. The Labute approximate surface area is 215 Å². The Morgan fingerprint density at radius 3 is 2.53 bits per heavy atom. The summed E-state index contributed by atoms with van der Waals surface area (Å²) in [7, 11) is 6.02. The smallest absolute Gasteiger partial charge is 0.348 e. The summed E-state index contributed by atoms with van der Waals surface area (Å²) in [5, 5.41) is 2.60. The van der Waals surface area contributed by atoms with Crippen LogP contribution in [0.15, 0.2) is 30.3 Å². The SMILES string of the molecule is Bc1cc(C(F)(F)C(=O)N(B)C(B)c2ccc3c(c2)CN(C2CCC(=O)NC2=O)C3=O)c(B)cc1Cl. The van der Waals surface area contributed by atoms with Crippen molar-refractivity contribution in [2.45, 2.75) is 37.3 Å². The summed E-state index contributed by atoms with van der Waals surface area (Å²) < 4.78 is 30.6. The summed E-state index contributed by atoms with van der Waals surface area (Å²) in [6, 6.07) is 6.80. The molecule has 0 spiro atoms. The van der Waals surface area contributed by atoms with Gasteiger partial charge in [0.05, 0.1) is 0 Å². The number of amides is 4. The topological polar surface area (TPSA) is 86.8 Å². The summed E-state index contributed by atoms with van der Waals surface area (Å²) in [4.78, 5) is 52.0. The predicted octanol–water partition coefficient (Wildman–Crippen LogP) is -2.58. The molecule has 1 N–H and O–H groups in total. The fourth-order valence-electron chi connectivity index (χ4n) is 4.71. The lowest BCUT2D eigenvalue weighted by Gasteiger charge is -2.31. The van der Waals surface area contributed by atoms with Crippen LogP contribution in [0.25, 0.3) is 0 Å². The summed E-state index contributed by atoms with van der Waals surface area (Å²) in [6.07, 6.45) is 0.385. The van der Waals surface area contributed by atoms with E-state index in [1.807, 2.05) is 0 Å². The second kappa shape index (κ2) is 9.42. The van der Waals surface area contributed by atoms with E-state index in [1.165, 1.54) is 32.9 Å². The third-order valence-electron chi connectivity index (χ3n) is 7.04. The lowest BCUT2D eigenvalue weighted by Crippen LogP contribution is -2.52. The van der Waals surface area contributed by atoms with Crippen LogP contribution in [0.2, 0.25) is 5.02 Å². The maximum Gasteiger partial charge on any atom is 0.348 e. The van der Waals surface area contributed by atoms with Gasteiger partial charge in [0.1, 0.15) is 29.6 Å². The first-order chi connectivity index (χ1) is 16.8. The lowest BCUT2D eigenvalue weighted by atomic mass is 9.80. The third kappa shape index (κ3) is 4.45. The molecule has 4 rings (SSSR count). The van der Waals surface area contributed by atoms with E-state index in [0.29, 0.717) is 27.2 Å². The maximum absolute atomic E-state index is 15.3. The van der Waals surface area contributed by atoms with E-state index in [0.717, 1.165) is 4.81 Å². The van der Waals surface area contributed by atoms with Crippen LogP contribution in [-0.2, 0) is 26.9 Å². The molecule has 14 heteroatoms. The van der Waals surface area contributed by atoms with Gasteiger partial charge in [-0.2, -0.15) is 8.78 Å². The van der Waals surface area contributed by atoms with Gasteiger partial charge < -0.3 is 9.71 Å². The number of hydrogen-bond acceptors (Lipinski definition) is 4. The molecule has 2 unspecified atom stereocenters. The largest absolute Gasteiger partial charge is 0.389 e. The number of benzene rings is 2.